The molecule has 2 heterocycles. The minimum absolute atomic E-state index is 0.160. The van der Waals surface area contributed by atoms with Gasteiger partial charge in [0.05, 0.1) is 0 Å². The number of phenolic OH excluding ortho intramolecular Hbond substituents is 1. The normalized spacial score (nSPS) is 32.6. The monoisotopic (exact) mass is 443 g/mol. The molecule has 0 unspecified atom stereocenters. The van der Waals surface area contributed by atoms with Crippen LogP contribution < -0.4 is 4.74 Å². The van der Waals surface area contributed by atoms with Crippen LogP contribution in [0.15, 0.2) is 24.3 Å². The van der Waals surface area contributed by atoms with Crippen molar-refractivity contribution in [2.24, 2.45) is 5.92 Å². The van der Waals surface area contributed by atoms with E-state index in [2.05, 4.69) is 18.0 Å². The number of carboxylic acids is 1. The highest BCUT2D eigenvalue weighted by Crippen LogP contribution is 2.62. The molecule has 5 N–H and O–H groups in total. The number of nitrogens with zero attached hydrogens (tertiary/aromatic N) is 1. The smallest absolute Gasteiger partial charge is 0.394 e. The van der Waals surface area contributed by atoms with E-state index in [0.717, 1.165) is 26.3 Å². The Hall–Kier alpha value is -2.18. The summed E-state index contributed by atoms with van der Waals surface area (Å²) in [6.07, 6.45) is 5.18. The maximum Gasteiger partial charge on any atom is 0.394 e. The highest BCUT2D eigenvalue weighted by Gasteiger charge is 2.64. The summed E-state index contributed by atoms with van der Waals surface area (Å²) in [5.74, 6) is 0.356. The SMILES string of the molecule is CC(=O)O.CN1CC[C@]23c4c5ccc(O)c4O[C@H]2[C@@H](O)C=C[C@H]3[C@H]1C5.O=S(=O)(O)O. The lowest BCUT2D eigenvalue weighted by atomic mass is 9.53. The third kappa shape index (κ3) is 3.91. The number of aliphatic hydroxyl groups is 1. The van der Waals surface area contributed by atoms with E-state index in [1.54, 1.807) is 6.07 Å². The predicted octanol–water partition coefficient (Wildman–Crippen LogP) is 0.636. The molecule has 5 rings (SSSR count). The number of carbonyl (C=O) groups is 1. The van der Waals surface area contributed by atoms with Crippen LogP contribution in [0, 0.1) is 5.92 Å². The summed E-state index contributed by atoms with van der Waals surface area (Å²) in [6, 6.07) is 4.23. The standard InChI is InChI=1S/C17H19NO3.C2H4O2.H2O4S/c1-18-7-6-17-10-3-5-13(20)16(17)21-15-12(19)4-2-9(14(15)17)8-11(10)18;1-2(3)4;1-5(2,3)4/h2-5,10-11,13,16,19-20H,6-8H2,1H3;1H3,(H,3,4);(H2,1,2,3,4)/t10-,11+,13-,16-,17-;;/m0../s1. The summed E-state index contributed by atoms with van der Waals surface area (Å²) in [6.45, 7) is 2.09. The first kappa shape index (κ1) is 22.5. The fourth-order valence-corrected chi connectivity index (χ4v) is 5.24. The first-order chi connectivity index (χ1) is 13.9. The molecular weight excluding hydrogens is 418 g/mol. The van der Waals surface area contributed by atoms with Gasteiger partial charge in [-0.2, -0.15) is 8.42 Å². The van der Waals surface area contributed by atoms with E-state index < -0.39 is 22.5 Å². The second-order valence-electron chi connectivity index (χ2n) is 7.90. The Labute approximate surface area is 174 Å². The van der Waals surface area contributed by atoms with Crippen molar-refractivity contribution in [3.63, 3.8) is 0 Å². The van der Waals surface area contributed by atoms with E-state index in [9.17, 15) is 10.2 Å². The van der Waals surface area contributed by atoms with Crippen molar-refractivity contribution in [1.29, 1.82) is 0 Å². The van der Waals surface area contributed by atoms with Crippen molar-refractivity contribution in [2.45, 2.75) is 43.4 Å². The number of likely N-dealkylation sites (tertiary alicyclic amines) is 1. The van der Waals surface area contributed by atoms with E-state index in [1.807, 2.05) is 12.1 Å². The van der Waals surface area contributed by atoms with Crippen LogP contribution in [0.3, 0.4) is 0 Å². The molecule has 11 heteroatoms. The molecule has 0 aromatic heterocycles. The van der Waals surface area contributed by atoms with Crippen LogP contribution in [0.2, 0.25) is 0 Å². The maximum atomic E-state index is 10.4. The highest BCUT2D eigenvalue weighted by molar-refractivity contribution is 7.79. The number of hydrogen-bond acceptors (Lipinski definition) is 7. The van der Waals surface area contributed by atoms with Crippen molar-refractivity contribution in [3.8, 4) is 11.5 Å². The molecular formula is C19H25NO9S. The third-order valence-electron chi connectivity index (χ3n) is 6.15. The molecule has 1 saturated heterocycles. The lowest BCUT2D eigenvalue weighted by molar-refractivity contribution is -0.134. The Morgan fingerprint density at radius 1 is 1.27 bits per heavy atom. The second kappa shape index (κ2) is 7.82. The van der Waals surface area contributed by atoms with Gasteiger partial charge in [0, 0.05) is 29.9 Å². The molecule has 10 nitrogen and oxygen atoms in total. The number of aromatic hydroxyl groups is 1. The van der Waals surface area contributed by atoms with Crippen molar-refractivity contribution >= 4 is 16.4 Å². The van der Waals surface area contributed by atoms with E-state index in [-0.39, 0.29) is 17.3 Å². The molecule has 1 aromatic carbocycles. The van der Waals surface area contributed by atoms with Crippen molar-refractivity contribution in [1.82, 2.24) is 4.90 Å². The molecule has 0 amide bonds. The van der Waals surface area contributed by atoms with Gasteiger partial charge in [-0.15, -0.1) is 0 Å². The second-order valence-corrected chi connectivity index (χ2v) is 8.79. The lowest BCUT2D eigenvalue weighted by Gasteiger charge is -2.56. The van der Waals surface area contributed by atoms with Gasteiger partial charge in [0.25, 0.3) is 5.97 Å². The predicted molar refractivity (Wildman–Crippen MR) is 105 cm³/mol. The third-order valence-corrected chi connectivity index (χ3v) is 6.15. The maximum absolute atomic E-state index is 10.4. The van der Waals surface area contributed by atoms with Gasteiger partial charge in [0.15, 0.2) is 11.5 Å². The van der Waals surface area contributed by atoms with Crippen molar-refractivity contribution in [2.75, 3.05) is 13.6 Å². The van der Waals surface area contributed by atoms with Crippen LogP contribution in [0.4, 0.5) is 0 Å². The summed E-state index contributed by atoms with van der Waals surface area (Å²) >= 11 is 0. The average molecular weight is 443 g/mol. The van der Waals surface area contributed by atoms with Gasteiger partial charge >= 0.3 is 10.4 Å². The van der Waals surface area contributed by atoms with Crippen LogP contribution in [0.1, 0.15) is 24.5 Å². The van der Waals surface area contributed by atoms with Gasteiger partial charge in [0.2, 0.25) is 0 Å². The summed E-state index contributed by atoms with van der Waals surface area (Å²) in [7, 11) is -2.48. The topological polar surface area (TPSA) is 165 Å². The minimum atomic E-state index is -4.67. The molecule has 166 valence electrons. The molecule has 0 saturated carbocycles. The number of rotatable bonds is 0. The molecule has 4 aliphatic rings. The number of aliphatic carboxylic acids is 1. The zero-order chi connectivity index (χ0) is 22.4. The van der Waals surface area contributed by atoms with Crippen molar-refractivity contribution in [3.05, 3.63) is 35.4 Å². The quantitative estimate of drug-likeness (QED) is 0.284. The zero-order valence-corrected chi connectivity index (χ0v) is 17.3. The zero-order valence-electron chi connectivity index (χ0n) is 16.5. The Bertz CT molecular complexity index is 964. The van der Waals surface area contributed by atoms with Crippen LogP contribution in [0.5, 0.6) is 11.5 Å². The van der Waals surface area contributed by atoms with Gasteiger partial charge in [-0.1, -0.05) is 18.2 Å². The van der Waals surface area contributed by atoms with Gasteiger partial charge in [-0.3, -0.25) is 13.9 Å². The Balaban J connectivity index is 0.000000244. The summed E-state index contributed by atoms with van der Waals surface area (Å²) in [5, 5.41) is 28.1. The number of likely N-dealkylation sites (N-methyl/N-ethyl adjacent to an activating group) is 1. The molecule has 30 heavy (non-hydrogen) atoms. The molecule has 1 fully saturated rings. The number of carboxylic acid groups (broad SMARTS) is 1. The molecule has 0 radical (unpaired) electrons. The van der Waals surface area contributed by atoms with E-state index in [1.165, 1.54) is 11.1 Å². The van der Waals surface area contributed by atoms with Gasteiger partial charge < -0.3 is 25.0 Å². The largest absolute Gasteiger partial charge is 0.504 e. The fourth-order valence-electron chi connectivity index (χ4n) is 5.24. The number of piperidine rings is 1. The van der Waals surface area contributed by atoms with E-state index >= 15 is 0 Å². The van der Waals surface area contributed by atoms with Gasteiger partial charge in [0.1, 0.15) is 12.2 Å². The van der Waals surface area contributed by atoms with Crippen LogP contribution >= 0.6 is 0 Å². The fraction of sp³-hybridized carbons (Fsp3) is 0.526. The molecule has 2 aliphatic carbocycles. The molecule has 1 spiro atoms. The summed E-state index contributed by atoms with van der Waals surface area (Å²) in [4.78, 5) is 11.4. The average Bonchev–Trinajstić information content (AvgIpc) is 2.96. The number of hydrogen-bond donors (Lipinski definition) is 5. The number of ether oxygens (including phenoxy) is 1. The Morgan fingerprint density at radius 3 is 2.47 bits per heavy atom. The van der Waals surface area contributed by atoms with E-state index in [4.69, 9.17) is 32.2 Å². The van der Waals surface area contributed by atoms with Crippen LogP contribution in [-0.2, 0) is 27.0 Å². The first-order valence-corrected chi connectivity index (χ1v) is 10.7. The Morgan fingerprint density at radius 2 is 1.87 bits per heavy atom. The van der Waals surface area contributed by atoms with Gasteiger partial charge in [-0.05, 0) is 38.1 Å². The number of aliphatic hydroxyl groups excluding tert-OH is 1. The van der Waals surface area contributed by atoms with Gasteiger partial charge in [-0.25, -0.2) is 0 Å². The molecule has 1 aromatic rings. The molecule has 2 bridgehead atoms. The number of phenols is 1. The minimum Gasteiger partial charge on any atom is -0.504 e. The lowest BCUT2D eigenvalue weighted by Crippen LogP contribution is -2.64. The Kier molecular flexibility index (Phi) is 5.87. The molecule has 2 aliphatic heterocycles. The van der Waals surface area contributed by atoms with Crippen LogP contribution in [0.25, 0.3) is 0 Å². The highest BCUT2D eigenvalue weighted by atomic mass is 32.3. The van der Waals surface area contributed by atoms with E-state index in [0.29, 0.717) is 17.7 Å². The van der Waals surface area contributed by atoms with Crippen molar-refractivity contribution < 1.29 is 42.4 Å². The number of benzene rings is 1. The molecule has 5 atom stereocenters. The first-order valence-electron chi connectivity index (χ1n) is 9.34. The summed E-state index contributed by atoms with van der Waals surface area (Å²) in [5.41, 5.74) is 2.29. The summed E-state index contributed by atoms with van der Waals surface area (Å²) < 4.78 is 37.7. The van der Waals surface area contributed by atoms with Crippen LogP contribution in [-0.4, -0.2) is 75.6 Å².